The maximum absolute atomic E-state index is 11.3. The fourth-order valence-corrected chi connectivity index (χ4v) is 1.58. The summed E-state index contributed by atoms with van der Waals surface area (Å²) in [5, 5.41) is 2.60. The molecule has 18 heavy (non-hydrogen) atoms. The van der Waals surface area contributed by atoms with Crippen LogP contribution in [0.15, 0.2) is 12.7 Å². The Morgan fingerprint density at radius 1 is 1.33 bits per heavy atom. The third-order valence-corrected chi connectivity index (χ3v) is 2.62. The summed E-state index contributed by atoms with van der Waals surface area (Å²) >= 11 is 0. The molecule has 0 aliphatic heterocycles. The molecule has 1 N–H and O–H groups in total. The Bertz CT molecular complexity index is 267. The highest BCUT2D eigenvalue weighted by atomic mass is 16.5. The van der Waals surface area contributed by atoms with Gasteiger partial charge >= 0.3 is 5.97 Å². The molecule has 0 heterocycles. The maximum atomic E-state index is 11.3. The van der Waals surface area contributed by atoms with Crippen molar-refractivity contribution in [1.29, 1.82) is 0 Å². The number of ether oxygens (including phenoxy) is 1. The van der Waals surface area contributed by atoms with Gasteiger partial charge in [0.15, 0.2) is 0 Å². The standard InChI is InChI=1S/C13H24N2O3/c1-4-9-15(11-12(16)14-2)10-7-5-6-8-13(17)18-3/h4H,1,5-11H2,2-3H3,(H,14,16). The van der Waals surface area contributed by atoms with Crippen molar-refractivity contribution in [3.63, 3.8) is 0 Å². The molecular formula is C13H24N2O3. The molecule has 5 heteroatoms. The zero-order valence-corrected chi connectivity index (χ0v) is 11.4. The van der Waals surface area contributed by atoms with Crippen molar-refractivity contribution >= 4 is 11.9 Å². The van der Waals surface area contributed by atoms with Gasteiger partial charge in [-0.1, -0.05) is 12.5 Å². The van der Waals surface area contributed by atoms with Crippen LogP contribution in [-0.4, -0.2) is 50.6 Å². The zero-order valence-electron chi connectivity index (χ0n) is 11.4. The number of hydrogen-bond donors (Lipinski definition) is 1. The molecule has 0 spiro atoms. The van der Waals surface area contributed by atoms with Crippen LogP contribution in [0.3, 0.4) is 0 Å². The van der Waals surface area contributed by atoms with Gasteiger partial charge in [0.1, 0.15) is 0 Å². The molecule has 0 aromatic carbocycles. The first-order valence-electron chi connectivity index (χ1n) is 6.24. The Morgan fingerprint density at radius 3 is 2.61 bits per heavy atom. The second kappa shape index (κ2) is 10.8. The molecule has 0 saturated carbocycles. The topological polar surface area (TPSA) is 58.6 Å². The fraction of sp³-hybridized carbons (Fsp3) is 0.692. The first-order valence-corrected chi connectivity index (χ1v) is 6.24. The van der Waals surface area contributed by atoms with Crippen molar-refractivity contribution in [3.05, 3.63) is 12.7 Å². The Kier molecular flexibility index (Phi) is 9.96. The number of hydrogen-bond acceptors (Lipinski definition) is 4. The van der Waals surface area contributed by atoms with Crippen LogP contribution in [0.4, 0.5) is 0 Å². The first kappa shape index (κ1) is 16.6. The number of esters is 1. The Labute approximate surface area is 109 Å². The van der Waals surface area contributed by atoms with Gasteiger partial charge in [0, 0.05) is 20.0 Å². The van der Waals surface area contributed by atoms with Crippen LogP contribution in [0.2, 0.25) is 0 Å². The number of amides is 1. The van der Waals surface area contributed by atoms with E-state index >= 15 is 0 Å². The summed E-state index contributed by atoms with van der Waals surface area (Å²) in [6, 6.07) is 0. The number of unbranched alkanes of at least 4 members (excludes halogenated alkanes) is 2. The number of carbonyl (C=O) groups is 2. The molecule has 0 radical (unpaired) electrons. The van der Waals surface area contributed by atoms with Crippen molar-refractivity contribution in [2.24, 2.45) is 0 Å². The molecule has 104 valence electrons. The molecule has 0 fully saturated rings. The van der Waals surface area contributed by atoms with E-state index in [1.54, 1.807) is 13.1 Å². The van der Waals surface area contributed by atoms with E-state index in [-0.39, 0.29) is 11.9 Å². The normalized spacial score (nSPS) is 10.2. The van der Waals surface area contributed by atoms with Gasteiger partial charge in [0.2, 0.25) is 5.91 Å². The number of likely N-dealkylation sites (N-methyl/N-ethyl adjacent to an activating group) is 1. The molecule has 1 amide bonds. The van der Waals surface area contributed by atoms with E-state index < -0.39 is 0 Å². The van der Waals surface area contributed by atoms with E-state index in [1.165, 1.54) is 7.11 Å². The summed E-state index contributed by atoms with van der Waals surface area (Å²) in [5.41, 5.74) is 0. The predicted octanol–water partition coefficient (Wildman–Crippen LogP) is 0.954. The minimum atomic E-state index is -0.164. The van der Waals surface area contributed by atoms with Crippen molar-refractivity contribution in [2.75, 3.05) is 33.8 Å². The molecule has 0 rings (SSSR count). The van der Waals surface area contributed by atoms with Crippen molar-refractivity contribution in [1.82, 2.24) is 10.2 Å². The Hall–Kier alpha value is -1.36. The highest BCUT2D eigenvalue weighted by Gasteiger charge is 2.07. The van der Waals surface area contributed by atoms with E-state index in [1.807, 2.05) is 4.90 Å². The van der Waals surface area contributed by atoms with E-state index in [9.17, 15) is 9.59 Å². The smallest absolute Gasteiger partial charge is 0.305 e. The van der Waals surface area contributed by atoms with Crippen molar-refractivity contribution in [3.8, 4) is 0 Å². The van der Waals surface area contributed by atoms with Crippen LogP contribution in [0.25, 0.3) is 0 Å². The van der Waals surface area contributed by atoms with Crippen LogP contribution in [0.1, 0.15) is 25.7 Å². The van der Waals surface area contributed by atoms with Crippen LogP contribution < -0.4 is 5.32 Å². The lowest BCUT2D eigenvalue weighted by molar-refractivity contribution is -0.140. The average molecular weight is 256 g/mol. The molecule has 0 saturated heterocycles. The number of rotatable bonds is 10. The molecule has 0 aliphatic carbocycles. The number of methoxy groups -OCH3 is 1. The molecule has 0 atom stereocenters. The lowest BCUT2D eigenvalue weighted by Gasteiger charge is -2.19. The van der Waals surface area contributed by atoms with Gasteiger partial charge in [-0.3, -0.25) is 14.5 Å². The zero-order chi connectivity index (χ0) is 13.8. The van der Waals surface area contributed by atoms with Gasteiger partial charge in [-0.2, -0.15) is 0 Å². The van der Waals surface area contributed by atoms with Crippen LogP contribution in [0, 0.1) is 0 Å². The third kappa shape index (κ3) is 8.75. The quantitative estimate of drug-likeness (QED) is 0.359. The van der Waals surface area contributed by atoms with E-state index in [2.05, 4.69) is 16.6 Å². The minimum absolute atomic E-state index is 0.00594. The summed E-state index contributed by atoms with van der Waals surface area (Å²) < 4.78 is 4.57. The summed E-state index contributed by atoms with van der Waals surface area (Å²) in [6.45, 7) is 5.60. The third-order valence-electron chi connectivity index (χ3n) is 2.62. The highest BCUT2D eigenvalue weighted by Crippen LogP contribution is 2.03. The summed E-state index contributed by atoms with van der Waals surface area (Å²) in [7, 11) is 3.03. The van der Waals surface area contributed by atoms with Crippen molar-refractivity contribution < 1.29 is 14.3 Å². The maximum Gasteiger partial charge on any atom is 0.305 e. The van der Waals surface area contributed by atoms with Gasteiger partial charge in [-0.05, 0) is 19.4 Å². The Morgan fingerprint density at radius 2 is 2.06 bits per heavy atom. The monoisotopic (exact) mass is 256 g/mol. The SMILES string of the molecule is C=CCN(CCCCCC(=O)OC)CC(=O)NC. The average Bonchev–Trinajstić information content (AvgIpc) is 2.37. The van der Waals surface area contributed by atoms with Crippen molar-refractivity contribution in [2.45, 2.75) is 25.7 Å². The molecule has 5 nitrogen and oxygen atoms in total. The van der Waals surface area contributed by atoms with E-state index in [4.69, 9.17) is 0 Å². The van der Waals surface area contributed by atoms with E-state index in [0.29, 0.717) is 19.5 Å². The van der Waals surface area contributed by atoms with Gasteiger partial charge < -0.3 is 10.1 Å². The number of carbonyl (C=O) groups excluding carboxylic acids is 2. The molecule has 0 unspecified atom stereocenters. The number of nitrogens with one attached hydrogen (secondary N) is 1. The lowest BCUT2D eigenvalue weighted by Crippen LogP contribution is -2.36. The van der Waals surface area contributed by atoms with E-state index in [0.717, 1.165) is 25.8 Å². The van der Waals surface area contributed by atoms with Crippen LogP contribution in [-0.2, 0) is 14.3 Å². The predicted molar refractivity (Wildman–Crippen MR) is 71.2 cm³/mol. The Balaban J connectivity index is 3.72. The summed E-state index contributed by atoms with van der Waals surface area (Å²) in [5.74, 6) is -0.158. The molecule has 0 aromatic rings. The number of nitrogens with zero attached hydrogens (tertiary/aromatic N) is 1. The fourth-order valence-electron chi connectivity index (χ4n) is 1.58. The molecule has 0 bridgehead atoms. The van der Waals surface area contributed by atoms with Crippen LogP contribution in [0.5, 0.6) is 0 Å². The largest absolute Gasteiger partial charge is 0.469 e. The minimum Gasteiger partial charge on any atom is -0.469 e. The highest BCUT2D eigenvalue weighted by molar-refractivity contribution is 5.77. The van der Waals surface area contributed by atoms with Gasteiger partial charge in [0.05, 0.1) is 13.7 Å². The molecule has 0 aliphatic rings. The molecular weight excluding hydrogens is 232 g/mol. The van der Waals surface area contributed by atoms with Gasteiger partial charge in [0.25, 0.3) is 0 Å². The lowest BCUT2D eigenvalue weighted by atomic mass is 10.2. The van der Waals surface area contributed by atoms with Gasteiger partial charge in [-0.25, -0.2) is 0 Å². The second-order valence-corrected chi connectivity index (χ2v) is 4.08. The summed E-state index contributed by atoms with van der Waals surface area (Å²) in [4.78, 5) is 24.2. The summed E-state index contributed by atoms with van der Waals surface area (Å²) in [6.07, 6.45) is 5.00. The van der Waals surface area contributed by atoms with Crippen LogP contribution >= 0.6 is 0 Å². The first-order chi connectivity index (χ1) is 8.63. The second-order valence-electron chi connectivity index (χ2n) is 4.08. The van der Waals surface area contributed by atoms with Gasteiger partial charge in [-0.15, -0.1) is 6.58 Å². The molecule has 0 aromatic heterocycles.